The molecule has 5 rings (SSSR count). The molecule has 3 aromatic carbocycles. The van der Waals surface area contributed by atoms with Gasteiger partial charge in [-0.2, -0.15) is 0 Å². The molecule has 0 aliphatic carbocycles. The summed E-state index contributed by atoms with van der Waals surface area (Å²) in [6, 6.07) is 19.3. The Hall–Kier alpha value is -4.64. The lowest BCUT2D eigenvalue weighted by atomic mass is 9.89. The summed E-state index contributed by atoms with van der Waals surface area (Å²) in [7, 11) is 0. The average Bonchev–Trinajstić information content (AvgIpc) is 3.36. The van der Waals surface area contributed by atoms with E-state index in [4.69, 9.17) is 4.84 Å². The Morgan fingerprint density at radius 3 is 2.26 bits per heavy atom. The number of carbonyl (C=O) groups is 2. The summed E-state index contributed by atoms with van der Waals surface area (Å²) in [4.78, 5) is 55.8. The van der Waals surface area contributed by atoms with Gasteiger partial charge >= 0.3 is 0 Å². The molecule has 35 heavy (non-hydrogen) atoms. The van der Waals surface area contributed by atoms with Gasteiger partial charge in [-0.05, 0) is 17.7 Å². The molecule has 2 aliphatic heterocycles. The van der Waals surface area contributed by atoms with Crippen LogP contribution in [0.5, 0.6) is 0 Å². The van der Waals surface area contributed by atoms with Crippen LogP contribution in [0, 0.1) is 26.1 Å². The maximum absolute atomic E-state index is 13.5. The number of rotatable bonds is 6. The minimum absolute atomic E-state index is 0.0370. The third-order valence-electron chi connectivity index (χ3n) is 6.14. The van der Waals surface area contributed by atoms with Crippen molar-refractivity contribution < 1.29 is 24.3 Å². The number of nitro groups is 2. The van der Waals surface area contributed by atoms with Gasteiger partial charge in [-0.3, -0.25) is 39.6 Å². The van der Waals surface area contributed by atoms with E-state index in [2.05, 4.69) is 0 Å². The number of fused-ring (bicyclic) bond motifs is 1. The van der Waals surface area contributed by atoms with Crippen molar-refractivity contribution in [3.05, 3.63) is 110 Å². The molecule has 0 aromatic heterocycles. The van der Waals surface area contributed by atoms with E-state index < -0.39 is 39.7 Å². The third kappa shape index (κ3) is 3.77. The lowest BCUT2D eigenvalue weighted by Crippen LogP contribution is -2.37. The molecular weight excluding hydrogens is 456 g/mol. The molecule has 11 nitrogen and oxygen atoms in total. The minimum atomic E-state index is -1.23. The van der Waals surface area contributed by atoms with E-state index in [9.17, 15) is 29.8 Å². The van der Waals surface area contributed by atoms with Crippen molar-refractivity contribution in [3.63, 3.8) is 0 Å². The summed E-state index contributed by atoms with van der Waals surface area (Å²) in [5.74, 6) is -2.17. The Morgan fingerprint density at radius 2 is 1.54 bits per heavy atom. The molecule has 0 saturated carbocycles. The van der Waals surface area contributed by atoms with Crippen LogP contribution in [0.3, 0.4) is 0 Å². The number of likely N-dealkylation sites (tertiary alicyclic amines) is 1. The second-order valence-corrected chi connectivity index (χ2v) is 8.16. The highest BCUT2D eigenvalue weighted by Crippen LogP contribution is 2.49. The number of nitro benzene ring substituents is 2. The zero-order valence-electron chi connectivity index (χ0n) is 18.1. The van der Waals surface area contributed by atoms with Gasteiger partial charge in [0.05, 0.1) is 27.6 Å². The first-order valence-corrected chi connectivity index (χ1v) is 10.7. The van der Waals surface area contributed by atoms with Gasteiger partial charge in [0, 0.05) is 18.2 Å². The first-order chi connectivity index (χ1) is 16.9. The second-order valence-electron chi connectivity index (χ2n) is 8.16. The molecule has 2 amide bonds. The number of non-ortho nitro benzene ring substituents is 1. The molecule has 176 valence electrons. The monoisotopic (exact) mass is 474 g/mol. The summed E-state index contributed by atoms with van der Waals surface area (Å²) in [5, 5.41) is 24.3. The van der Waals surface area contributed by atoms with Gasteiger partial charge in [0.25, 0.3) is 17.3 Å². The van der Waals surface area contributed by atoms with Crippen LogP contribution in [0.4, 0.5) is 17.1 Å². The van der Waals surface area contributed by atoms with Gasteiger partial charge in [0.15, 0.2) is 6.10 Å². The van der Waals surface area contributed by atoms with Crippen molar-refractivity contribution >= 4 is 28.9 Å². The first-order valence-electron chi connectivity index (χ1n) is 10.7. The van der Waals surface area contributed by atoms with Crippen LogP contribution in [-0.2, 0) is 21.0 Å². The van der Waals surface area contributed by atoms with Gasteiger partial charge in [0.2, 0.25) is 5.91 Å². The Morgan fingerprint density at radius 1 is 0.829 bits per heavy atom. The molecule has 0 radical (unpaired) electrons. The Kier molecular flexibility index (Phi) is 5.46. The summed E-state index contributed by atoms with van der Waals surface area (Å²) in [6.45, 7) is 0.0370. The van der Waals surface area contributed by atoms with E-state index in [1.165, 1.54) is 47.5 Å². The van der Waals surface area contributed by atoms with Crippen LogP contribution >= 0.6 is 0 Å². The summed E-state index contributed by atoms with van der Waals surface area (Å²) < 4.78 is 0. The summed E-state index contributed by atoms with van der Waals surface area (Å²) in [5.41, 5.74) is 0.630. The van der Waals surface area contributed by atoms with Crippen LogP contribution in [-0.4, -0.2) is 32.7 Å². The number of hydrogen-bond acceptors (Lipinski definition) is 8. The van der Waals surface area contributed by atoms with E-state index in [-0.39, 0.29) is 29.2 Å². The highest BCUT2D eigenvalue weighted by Gasteiger charge is 2.60. The highest BCUT2D eigenvalue weighted by atomic mass is 16.7. The van der Waals surface area contributed by atoms with Crippen molar-refractivity contribution in [2.24, 2.45) is 5.92 Å². The van der Waals surface area contributed by atoms with Crippen LogP contribution in [0.1, 0.15) is 17.2 Å². The van der Waals surface area contributed by atoms with Gasteiger partial charge in [0.1, 0.15) is 12.0 Å². The zero-order valence-corrected chi connectivity index (χ0v) is 18.1. The van der Waals surface area contributed by atoms with E-state index in [0.29, 0.717) is 0 Å². The maximum Gasteiger partial charge on any atom is 0.274 e. The van der Waals surface area contributed by atoms with Crippen molar-refractivity contribution in [1.29, 1.82) is 0 Å². The quantitative estimate of drug-likeness (QED) is 0.301. The Balaban J connectivity index is 1.60. The predicted molar refractivity (Wildman–Crippen MR) is 122 cm³/mol. The second kappa shape index (κ2) is 8.61. The summed E-state index contributed by atoms with van der Waals surface area (Å²) >= 11 is 0. The van der Waals surface area contributed by atoms with Crippen molar-refractivity contribution in [2.45, 2.75) is 18.7 Å². The number of nitrogens with zero attached hydrogens (tertiary/aromatic N) is 4. The highest BCUT2D eigenvalue weighted by molar-refractivity contribution is 6.07. The van der Waals surface area contributed by atoms with E-state index in [1.54, 1.807) is 30.3 Å². The largest absolute Gasteiger partial charge is 0.275 e. The lowest BCUT2D eigenvalue weighted by molar-refractivity contribution is -0.385. The zero-order chi connectivity index (χ0) is 24.7. The number of benzene rings is 3. The fourth-order valence-electron chi connectivity index (χ4n) is 4.58. The first kappa shape index (κ1) is 22.2. The lowest BCUT2D eigenvalue weighted by Gasteiger charge is -2.28. The molecule has 0 N–H and O–H groups in total. The Bertz CT molecular complexity index is 1350. The smallest absolute Gasteiger partial charge is 0.274 e. The minimum Gasteiger partial charge on any atom is -0.275 e. The Labute approximate surface area is 198 Å². The number of amides is 2. The van der Waals surface area contributed by atoms with Crippen LogP contribution in [0.15, 0.2) is 78.9 Å². The molecule has 2 aliphatic rings. The molecule has 2 saturated heterocycles. The van der Waals surface area contributed by atoms with Crippen LogP contribution in [0.25, 0.3) is 0 Å². The fourth-order valence-corrected chi connectivity index (χ4v) is 4.58. The molecule has 3 aromatic rings. The number of carbonyl (C=O) groups excluding carboxylic acids is 2. The van der Waals surface area contributed by atoms with E-state index in [0.717, 1.165) is 10.5 Å². The number of anilines is 1. The normalized spacial score (nSPS) is 21.3. The SMILES string of the molecule is O=C1[C@@H]2[C@H](ON(c3cccc([N+](=O)[O-])c3)[C@H]2c2ccccc2[N+](=O)[O-])C(=O)N1Cc1ccccc1. The van der Waals surface area contributed by atoms with Gasteiger partial charge in [-0.15, -0.1) is 0 Å². The predicted octanol–water partition coefficient (Wildman–Crippen LogP) is 3.55. The maximum atomic E-state index is 13.5. The molecule has 0 unspecified atom stereocenters. The number of hydrogen-bond donors (Lipinski definition) is 0. The average molecular weight is 474 g/mol. The molecule has 0 spiro atoms. The standard InChI is InChI=1S/C24H18N4O7/c29-23-20-21(18-11-4-5-12-19(18)28(33)34)26(16-9-6-10-17(13-16)27(31)32)35-22(20)24(30)25(23)14-15-7-2-1-3-8-15/h1-13,20-22H,14H2/t20-,21-,22-/m0/s1. The van der Waals surface area contributed by atoms with Crippen molar-refractivity contribution in [2.75, 3.05) is 5.06 Å². The van der Waals surface area contributed by atoms with E-state index >= 15 is 0 Å². The third-order valence-corrected chi connectivity index (χ3v) is 6.14. The molecule has 3 atom stereocenters. The van der Waals surface area contributed by atoms with Crippen LogP contribution in [0.2, 0.25) is 0 Å². The topological polar surface area (TPSA) is 136 Å². The molecule has 0 bridgehead atoms. The fraction of sp³-hybridized carbons (Fsp3) is 0.167. The summed E-state index contributed by atoms with van der Waals surface area (Å²) in [6.07, 6.45) is -1.23. The van der Waals surface area contributed by atoms with Gasteiger partial charge in [-0.25, -0.2) is 5.06 Å². The van der Waals surface area contributed by atoms with Crippen molar-refractivity contribution in [1.82, 2.24) is 4.90 Å². The van der Waals surface area contributed by atoms with Crippen LogP contribution < -0.4 is 5.06 Å². The molecule has 2 heterocycles. The molecule has 11 heteroatoms. The molecule has 2 fully saturated rings. The number of hydroxylamine groups is 1. The van der Waals surface area contributed by atoms with E-state index in [1.807, 2.05) is 6.07 Å². The molecular formula is C24H18N4O7. The number of imide groups is 1. The number of para-hydroxylation sites is 1. The van der Waals surface area contributed by atoms with Gasteiger partial charge < -0.3 is 0 Å². The van der Waals surface area contributed by atoms with Crippen molar-refractivity contribution in [3.8, 4) is 0 Å². The van der Waals surface area contributed by atoms with Gasteiger partial charge in [-0.1, -0.05) is 48.5 Å².